The van der Waals surface area contributed by atoms with Crippen molar-refractivity contribution in [2.24, 2.45) is 5.92 Å². The van der Waals surface area contributed by atoms with Crippen LogP contribution in [0.3, 0.4) is 0 Å². The average Bonchev–Trinajstić information content (AvgIpc) is 2.17. The van der Waals surface area contributed by atoms with E-state index < -0.39 is 10.0 Å². The lowest BCUT2D eigenvalue weighted by atomic mass is 10.1. The summed E-state index contributed by atoms with van der Waals surface area (Å²) in [7, 11) is -1.38. The van der Waals surface area contributed by atoms with Gasteiger partial charge in [-0.2, -0.15) is 0 Å². The van der Waals surface area contributed by atoms with Crippen molar-refractivity contribution in [3.05, 3.63) is 0 Å². The highest BCUT2D eigenvalue weighted by atomic mass is 32.2. The highest BCUT2D eigenvalue weighted by Gasteiger charge is 2.23. The predicted molar refractivity (Wildman–Crippen MR) is 66.9 cm³/mol. The lowest BCUT2D eigenvalue weighted by molar-refractivity contribution is 0.336. The van der Waals surface area contributed by atoms with Crippen LogP contribution in [-0.4, -0.2) is 44.7 Å². The number of piperidine rings is 1. The van der Waals surface area contributed by atoms with Crippen molar-refractivity contribution in [1.29, 1.82) is 0 Å². The molecule has 0 aromatic rings. The molecule has 0 spiro atoms. The van der Waals surface area contributed by atoms with Crippen molar-refractivity contribution in [1.82, 2.24) is 9.62 Å². The zero-order valence-corrected chi connectivity index (χ0v) is 11.4. The van der Waals surface area contributed by atoms with Crippen molar-refractivity contribution in [2.45, 2.75) is 39.2 Å². The van der Waals surface area contributed by atoms with Gasteiger partial charge in [0.15, 0.2) is 0 Å². The largest absolute Gasteiger partial charge is 0.313 e. The van der Waals surface area contributed by atoms with Crippen molar-refractivity contribution >= 4 is 10.0 Å². The summed E-state index contributed by atoms with van der Waals surface area (Å²) in [5, 5.41) is 3.37. The van der Waals surface area contributed by atoms with Crippen LogP contribution in [0.15, 0.2) is 0 Å². The Hall–Kier alpha value is -0.130. The first-order valence-electron chi connectivity index (χ1n) is 6.09. The summed E-state index contributed by atoms with van der Waals surface area (Å²) in [6, 6.07) is 0.334. The maximum absolute atomic E-state index is 11.9. The fourth-order valence-corrected chi connectivity index (χ4v) is 3.56. The number of hydrogen-bond donors (Lipinski definition) is 1. The van der Waals surface area contributed by atoms with Gasteiger partial charge in [0.2, 0.25) is 10.0 Å². The molecule has 0 saturated carbocycles. The SMILES string of the molecule is CC(C)CS(=O)(=O)N(C)CC1CCCCN1. The molecule has 96 valence electrons. The molecule has 1 atom stereocenters. The minimum Gasteiger partial charge on any atom is -0.313 e. The molecule has 16 heavy (non-hydrogen) atoms. The molecule has 0 aromatic heterocycles. The Labute approximate surface area is 99.5 Å². The molecule has 1 aliphatic rings. The van der Waals surface area contributed by atoms with E-state index in [4.69, 9.17) is 0 Å². The average molecular weight is 248 g/mol. The molecule has 0 amide bonds. The van der Waals surface area contributed by atoms with E-state index in [0.29, 0.717) is 12.6 Å². The first-order valence-corrected chi connectivity index (χ1v) is 7.70. The van der Waals surface area contributed by atoms with E-state index in [2.05, 4.69) is 5.32 Å². The molecule has 0 aliphatic carbocycles. The van der Waals surface area contributed by atoms with E-state index in [1.54, 1.807) is 7.05 Å². The first-order chi connectivity index (χ1) is 7.42. The number of sulfonamides is 1. The Morgan fingerprint density at radius 2 is 2.06 bits per heavy atom. The molecule has 1 rings (SSSR count). The van der Waals surface area contributed by atoms with Crippen molar-refractivity contribution in [3.63, 3.8) is 0 Å². The summed E-state index contributed by atoms with van der Waals surface area (Å²) in [6.45, 7) is 5.49. The lowest BCUT2D eigenvalue weighted by Gasteiger charge is -2.28. The summed E-state index contributed by atoms with van der Waals surface area (Å²) in [5.74, 6) is 0.433. The number of nitrogens with zero attached hydrogens (tertiary/aromatic N) is 1. The third kappa shape index (κ3) is 4.39. The van der Waals surface area contributed by atoms with Gasteiger partial charge in [0.05, 0.1) is 5.75 Å². The van der Waals surface area contributed by atoms with E-state index in [-0.39, 0.29) is 11.7 Å². The smallest absolute Gasteiger partial charge is 0.214 e. The fraction of sp³-hybridized carbons (Fsp3) is 1.00. The van der Waals surface area contributed by atoms with Crippen LogP contribution in [0.5, 0.6) is 0 Å². The maximum atomic E-state index is 11.9. The molecule has 4 nitrogen and oxygen atoms in total. The molecular formula is C11H24N2O2S. The third-order valence-electron chi connectivity index (χ3n) is 2.91. The van der Waals surface area contributed by atoms with Crippen molar-refractivity contribution in [2.75, 3.05) is 25.9 Å². The minimum absolute atomic E-state index is 0.187. The molecule has 0 aromatic carbocycles. The van der Waals surface area contributed by atoms with Gasteiger partial charge < -0.3 is 5.32 Å². The molecule has 1 heterocycles. The van der Waals surface area contributed by atoms with E-state index >= 15 is 0 Å². The highest BCUT2D eigenvalue weighted by Crippen LogP contribution is 2.11. The zero-order chi connectivity index (χ0) is 12.2. The quantitative estimate of drug-likeness (QED) is 0.791. The van der Waals surface area contributed by atoms with E-state index in [9.17, 15) is 8.42 Å². The zero-order valence-electron chi connectivity index (χ0n) is 10.6. The Morgan fingerprint density at radius 1 is 1.38 bits per heavy atom. The third-order valence-corrected chi connectivity index (χ3v) is 5.10. The summed E-state index contributed by atoms with van der Waals surface area (Å²) < 4.78 is 25.3. The number of rotatable bonds is 5. The molecule has 1 N–H and O–H groups in total. The van der Waals surface area contributed by atoms with Crippen LogP contribution in [0.1, 0.15) is 33.1 Å². The molecule has 0 bridgehead atoms. The van der Waals surface area contributed by atoms with Gasteiger partial charge in [-0.05, 0) is 25.3 Å². The Bertz CT molecular complexity index is 295. The van der Waals surface area contributed by atoms with Crippen LogP contribution in [0.25, 0.3) is 0 Å². The minimum atomic E-state index is -3.07. The second-order valence-corrected chi connectivity index (χ2v) is 7.22. The lowest BCUT2D eigenvalue weighted by Crippen LogP contribution is -2.45. The molecule has 1 aliphatic heterocycles. The molecule has 5 heteroatoms. The van der Waals surface area contributed by atoms with Crippen LogP contribution in [-0.2, 0) is 10.0 Å². The van der Waals surface area contributed by atoms with Crippen molar-refractivity contribution < 1.29 is 8.42 Å². The van der Waals surface area contributed by atoms with E-state index in [0.717, 1.165) is 13.0 Å². The van der Waals surface area contributed by atoms with E-state index in [1.807, 2.05) is 13.8 Å². The Balaban J connectivity index is 2.46. The van der Waals surface area contributed by atoms with Crippen LogP contribution < -0.4 is 5.32 Å². The monoisotopic (exact) mass is 248 g/mol. The van der Waals surface area contributed by atoms with E-state index in [1.165, 1.54) is 17.1 Å². The number of nitrogens with one attached hydrogen (secondary N) is 1. The van der Waals surface area contributed by atoms with Gasteiger partial charge in [-0.25, -0.2) is 12.7 Å². The Kier molecular flexibility index (Phi) is 5.21. The second-order valence-electron chi connectivity index (χ2n) is 5.10. The number of likely N-dealkylation sites (N-methyl/N-ethyl adjacent to an activating group) is 1. The standard InChI is InChI=1S/C11H24N2O2S/c1-10(2)9-16(14,15)13(3)8-11-6-4-5-7-12-11/h10-12H,4-9H2,1-3H3. The maximum Gasteiger partial charge on any atom is 0.214 e. The normalized spacial score (nSPS) is 22.9. The number of hydrogen-bond acceptors (Lipinski definition) is 3. The van der Waals surface area contributed by atoms with Crippen LogP contribution in [0.2, 0.25) is 0 Å². The van der Waals surface area contributed by atoms with Crippen LogP contribution >= 0.6 is 0 Å². The first kappa shape index (κ1) is 13.9. The van der Waals surface area contributed by atoms with Crippen LogP contribution in [0, 0.1) is 5.92 Å². The summed E-state index contributed by atoms with van der Waals surface area (Å²) in [6.07, 6.45) is 3.50. The highest BCUT2D eigenvalue weighted by molar-refractivity contribution is 7.89. The fourth-order valence-electron chi connectivity index (χ4n) is 2.05. The van der Waals surface area contributed by atoms with Crippen LogP contribution in [0.4, 0.5) is 0 Å². The van der Waals surface area contributed by atoms with Gasteiger partial charge in [-0.1, -0.05) is 20.3 Å². The summed E-state index contributed by atoms with van der Waals surface area (Å²) in [5.41, 5.74) is 0. The molecular weight excluding hydrogens is 224 g/mol. The van der Waals surface area contributed by atoms with Gasteiger partial charge in [0.1, 0.15) is 0 Å². The summed E-state index contributed by atoms with van der Waals surface area (Å²) in [4.78, 5) is 0. The van der Waals surface area contributed by atoms with Gasteiger partial charge in [-0.3, -0.25) is 0 Å². The van der Waals surface area contributed by atoms with Gasteiger partial charge in [0.25, 0.3) is 0 Å². The topological polar surface area (TPSA) is 49.4 Å². The van der Waals surface area contributed by atoms with Gasteiger partial charge >= 0.3 is 0 Å². The summed E-state index contributed by atoms with van der Waals surface area (Å²) >= 11 is 0. The molecule has 0 radical (unpaired) electrons. The molecule has 1 saturated heterocycles. The molecule has 1 fully saturated rings. The predicted octanol–water partition coefficient (Wildman–Crippen LogP) is 1.05. The van der Waals surface area contributed by atoms with Crippen molar-refractivity contribution in [3.8, 4) is 0 Å². The molecule has 1 unspecified atom stereocenters. The van der Waals surface area contributed by atoms with Gasteiger partial charge in [0, 0.05) is 19.6 Å². The second kappa shape index (κ2) is 5.98. The van der Waals surface area contributed by atoms with Gasteiger partial charge in [-0.15, -0.1) is 0 Å². The Morgan fingerprint density at radius 3 is 2.56 bits per heavy atom.